The van der Waals surface area contributed by atoms with Crippen LogP contribution in [0.3, 0.4) is 0 Å². The molecule has 1 unspecified atom stereocenters. The maximum atomic E-state index is 5.29. The van der Waals surface area contributed by atoms with E-state index in [0.717, 1.165) is 24.6 Å². The quantitative estimate of drug-likeness (QED) is 0.822. The van der Waals surface area contributed by atoms with Crippen LogP contribution in [0.1, 0.15) is 44.3 Å². The first kappa shape index (κ1) is 12.3. The van der Waals surface area contributed by atoms with E-state index in [1.165, 1.54) is 19.3 Å². The Kier molecular flexibility index (Phi) is 4.31. The van der Waals surface area contributed by atoms with E-state index in [1.807, 2.05) is 0 Å². The van der Waals surface area contributed by atoms with Crippen molar-refractivity contribution in [2.45, 2.75) is 38.6 Å². The van der Waals surface area contributed by atoms with Gasteiger partial charge in [-0.15, -0.1) is 0 Å². The van der Waals surface area contributed by atoms with Gasteiger partial charge in [0.25, 0.3) is 0 Å². The minimum Gasteiger partial charge on any atom is -0.480 e. The molecule has 1 saturated carbocycles. The van der Waals surface area contributed by atoms with Crippen molar-refractivity contribution in [3.63, 3.8) is 0 Å². The first-order chi connectivity index (χ1) is 8.35. The van der Waals surface area contributed by atoms with E-state index < -0.39 is 0 Å². The Bertz CT molecular complexity index is 352. The van der Waals surface area contributed by atoms with Gasteiger partial charge in [-0.05, 0) is 18.9 Å². The van der Waals surface area contributed by atoms with Gasteiger partial charge in [-0.2, -0.15) is 0 Å². The highest BCUT2D eigenvalue weighted by Crippen LogP contribution is 2.35. The third-order valence-corrected chi connectivity index (χ3v) is 3.46. The van der Waals surface area contributed by atoms with E-state index in [4.69, 9.17) is 4.74 Å². The Labute approximate surface area is 103 Å². The van der Waals surface area contributed by atoms with Crippen molar-refractivity contribution < 1.29 is 4.74 Å². The molecule has 1 aromatic rings. The maximum absolute atomic E-state index is 5.29. The smallest absolute Gasteiger partial charge is 0.236 e. The molecular formula is C13H21N3O. The Morgan fingerprint density at radius 3 is 2.76 bits per heavy atom. The van der Waals surface area contributed by atoms with Crippen LogP contribution in [0.4, 0.5) is 0 Å². The fourth-order valence-corrected chi connectivity index (χ4v) is 2.33. The minimum atomic E-state index is 0.272. The molecule has 0 aliphatic heterocycles. The molecule has 1 aliphatic carbocycles. The molecule has 4 nitrogen and oxygen atoms in total. The molecule has 94 valence electrons. The summed E-state index contributed by atoms with van der Waals surface area (Å²) in [6.45, 7) is 3.06. The molecule has 1 aliphatic rings. The van der Waals surface area contributed by atoms with Crippen molar-refractivity contribution in [3.8, 4) is 5.88 Å². The average molecular weight is 235 g/mol. The Hall–Kier alpha value is -1.16. The lowest BCUT2D eigenvalue weighted by molar-refractivity contribution is 0.256. The summed E-state index contributed by atoms with van der Waals surface area (Å²) in [5.74, 6) is 1.49. The van der Waals surface area contributed by atoms with Gasteiger partial charge < -0.3 is 10.1 Å². The molecule has 0 amide bonds. The summed E-state index contributed by atoms with van der Waals surface area (Å²) in [6, 6.07) is 0.272. The van der Waals surface area contributed by atoms with Gasteiger partial charge in [-0.1, -0.05) is 26.2 Å². The Morgan fingerprint density at radius 1 is 1.41 bits per heavy atom. The van der Waals surface area contributed by atoms with Gasteiger partial charge in [0, 0.05) is 12.4 Å². The van der Waals surface area contributed by atoms with Crippen molar-refractivity contribution in [2.24, 2.45) is 5.92 Å². The number of nitrogens with zero attached hydrogens (tertiary/aromatic N) is 2. The van der Waals surface area contributed by atoms with E-state index in [9.17, 15) is 0 Å². The zero-order chi connectivity index (χ0) is 12.1. The van der Waals surface area contributed by atoms with E-state index in [0.29, 0.717) is 5.88 Å². The van der Waals surface area contributed by atoms with Crippen molar-refractivity contribution in [1.29, 1.82) is 0 Å². The standard InChI is InChI=1S/C13H21N3O/c1-3-14-11(9-10-5-4-6-10)12-13(17-2)16-8-7-15-12/h7-8,10-11,14H,3-6,9H2,1-2H3. The highest BCUT2D eigenvalue weighted by atomic mass is 16.5. The van der Waals surface area contributed by atoms with Crippen LogP contribution in [0, 0.1) is 5.92 Å². The van der Waals surface area contributed by atoms with Crippen LogP contribution < -0.4 is 10.1 Å². The molecule has 17 heavy (non-hydrogen) atoms. The summed E-state index contributed by atoms with van der Waals surface area (Å²) in [5.41, 5.74) is 0.948. The molecule has 0 bridgehead atoms. The number of rotatable bonds is 6. The Balaban J connectivity index is 2.12. The highest BCUT2D eigenvalue weighted by molar-refractivity contribution is 5.21. The van der Waals surface area contributed by atoms with Gasteiger partial charge >= 0.3 is 0 Å². The van der Waals surface area contributed by atoms with E-state index in [-0.39, 0.29) is 6.04 Å². The number of ether oxygens (including phenoxy) is 1. The van der Waals surface area contributed by atoms with Crippen molar-refractivity contribution in [2.75, 3.05) is 13.7 Å². The van der Waals surface area contributed by atoms with Gasteiger partial charge in [0.1, 0.15) is 5.69 Å². The molecule has 1 N–H and O–H groups in total. The lowest BCUT2D eigenvalue weighted by Crippen LogP contribution is -2.27. The summed E-state index contributed by atoms with van der Waals surface area (Å²) in [7, 11) is 1.65. The van der Waals surface area contributed by atoms with Crippen LogP contribution in [0.25, 0.3) is 0 Å². The predicted molar refractivity (Wildman–Crippen MR) is 67.0 cm³/mol. The molecule has 1 fully saturated rings. The lowest BCUT2D eigenvalue weighted by Gasteiger charge is -2.30. The third-order valence-electron chi connectivity index (χ3n) is 3.46. The van der Waals surface area contributed by atoms with Crippen molar-refractivity contribution >= 4 is 0 Å². The van der Waals surface area contributed by atoms with Crippen LogP contribution >= 0.6 is 0 Å². The molecule has 0 aromatic carbocycles. The Morgan fingerprint density at radius 2 is 2.18 bits per heavy atom. The molecule has 0 spiro atoms. The predicted octanol–water partition coefficient (Wildman–Crippen LogP) is 2.33. The fourth-order valence-electron chi connectivity index (χ4n) is 2.33. The number of nitrogens with one attached hydrogen (secondary N) is 1. The van der Waals surface area contributed by atoms with Gasteiger partial charge in [0.15, 0.2) is 0 Å². The summed E-state index contributed by atoms with van der Waals surface area (Å²) in [4.78, 5) is 8.66. The zero-order valence-corrected chi connectivity index (χ0v) is 10.6. The molecule has 1 atom stereocenters. The molecule has 0 saturated heterocycles. The van der Waals surface area contributed by atoms with Gasteiger partial charge in [0.05, 0.1) is 13.2 Å². The van der Waals surface area contributed by atoms with Crippen molar-refractivity contribution in [3.05, 3.63) is 18.1 Å². The fraction of sp³-hybridized carbons (Fsp3) is 0.692. The van der Waals surface area contributed by atoms with E-state index in [1.54, 1.807) is 19.5 Å². The second-order valence-corrected chi connectivity index (χ2v) is 4.59. The molecular weight excluding hydrogens is 214 g/mol. The molecule has 1 aromatic heterocycles. The monoisotopic (exact) mass is 235 g/mol. The summed E-state index contributed by atoms with van der Waals surface area (Å²) >= 11 is 0. The molecule has 2 rings (SSSR count). The normalized spacial score (nSPS) is 17.5. The minimum absolute atomic E-state index is 0.272. The first-order valence-electron chi connectivity index (χ1n) is 6.43. The molecule has 1 heterocycles. The zero-order valence-electron chi connectivity index (χ0n) is 10.6. The summed E-state index contributed by atoms with van der Waals surface area (Å²) < 4.78 is 5.29. The molecule has 4 heteroatoms. The van der Waals surface area contributed by atoms with Crippen molar-refractivity contribution in [1.82, 2.24) is 15.3 Å². The van der Waals surface area contributed by atoms with Crippen LogP contribution in [0.2, 0.25) is 0 Å². The molecule has 0 radical (unpaired) electrons. The largest absolute Gasteiger partial charge is 0.480 e. The third kappa shape index (κ3) is 2.94. The number of aromatic nitrogens is 2. The maximum Gasteiger partial charge on any atom is 0.236 e. The first-order valence-corrected chi connectivity index (χ1v) is 6.43. The van der Waals surface area contributed by atoms with Gasteiger partial charge in [-0.3, -0.25) is 4.98 Å². The number of hydrogen-bond acceptors (Lipinski definition) is 4. The highest BCUT2D eigenvalue weighted by Gasteiger charge is 2.25. The lowest BCUT2D eigenvalue weighted by atomic mass is 9.80. The SMILES string of the molecule is CCNC(CC1CCC1)c1nccnc1OC. The van der Waals surface area contributed by atoms with E-state index in [2.05, 4.69) is 22.2 Å². The number of methoxy groups -OCH3 is 1. The van der Waals surface area contributed by atoms with Crippen LogP contribution in [0.5, 0.6) is 5.88 Å². The van der Waals surface area contributed by atoms with Crippen LogP contribution in [-0.4, -0.2) is 23.6 Å². The average Bonchev–Trinajstić information content (AvgIpc) is 2.32. The number of hydrogen-bond donors (Lipinski definition) is 1. The second kappa shape index (κ2) is 5.96. The summed E-state index contributed by atoms with van der Waals surface area (Å²) in [5, 5.41) is 3.49. The van der Waals surface area contributed by atoms with Gasteiger partial charge in [0.2, 0.25) is 5.88 Å². The second-order valence-electron chi connectivity index (χ2n) is 4.59. The van der Waals surface area contributed by atoms with Crippen LogP contribution in [-0.2, 0) is 0 Å². The topological polar surface area (TPSA) is 47.0 Å². The van der Waals surface area contributed by atoms with Gasteiger partial charge in [-0.25, -0.2) is 4.98 Å². The summed E-state index contributed by atoms with van der Waals surface area (Å²) in [6.07, 6.45) is 8.64. The van der Waals surface area contributed by atoms with E-state index >= 15 is 0 Å². The van der Waals surface area contributed by atoms with Crippen LogP contribution in [0.15, 0.2) is 12.4 Å².